The SMILES string of the molecule is CC(C)N(CC1CCNCC1)C(=O)c1cccc(F)c1Cl. The van der Waals surface area contributed by atoms with Gasteiger partial charge in [-0.25, -0.2) is 4.39 Å². The Bertz CT molecular complexity index is 501. The summed E-state index contributed by atoms with van der Waals surface area (Å²) in [5.41, 5.74) is 0.249. The van der Waals surface area contributed by atoms with Crippen LogP contribution in [0.25, 0.3) is 0 Å². The Hall–Kier alpha value is -1.13. The normalized spacial score (nSPS) is 16.2. The average Bonchev–Trinajstić information content (AvgIpc) is 2.48. The lowest BCUT2D eigenvalue weighted by Crippen LogP contribution is -2.43. The minimum absolute atomic E-state index is 0.0618. The van der Waals surface area contributed by atoms with Gasteiger partial charge in [0.05, 0.1) is 10.6 Å². The molecule has 0 bridgehead atoms. The molecule has 0 radical (unpaired) electrons. The fourth-order valence-corrected chi connectivity index (χ4v) is 2.90. The van der Waals surface area contributed by atoms with E-state index in [0.29, 0.717) is 12.5 Å². The largest absolute Gasteiger partial charge is 0.336 e. The molecular formula is C16H22ClFN2O. The zero-order valence-corrected chi connectivity index (χ0v) is 13.3. The summed E-state index contributed by atoms with van der Waals surface area (Å²) in [6.07, 6.45) is 2.13. The highest BCUT2D eigenvalue weighted by atomic mass is 35.5. The number of rotatable bonds is 4. The number of amides is 1. The molecule has 116 valence electrons. The second-order valence-electron chi connectivity index (χ2n) is 5.85. The van der Waals surface area contributed by atoms with Gasteiger partial charge in [-0.1, -0.05) is 17.7 Å². The molecule has 1 N–H and O–H groups in total. The Morgan fingerprint density at radius 1 is 1.43 bits per heavy atom. The fraction of sp³-hybridized carbons (Fsp3) is 0.562. The molecule has 0 aromatic heterocycles. The van der Waals surface area contributed by atoms with Crippen LogP contribution in [0.3, 0.4) is 0 Å². The summed E-state index contributed by atoms with van der Waals surface area (Å²) in [5.74, 6) is -0.244. The number of nitrogens with one attached hydrogen (secondary N) is 1. The standard InChI is InChI=1S/C16H22ClFN2O/c1-11(2)20(10-12-6-8-19-9-7-12)16(21)13-4-3-5-14(18)15(13)17/h3-5,11-12,19H,6-10H2,1-2H3. The highest BCUT2D eigenvalue weighted by Gasteiger charge is 2.25. The molecule has 0 unspecified atom stereocenters. The number of carbonyl (C=O) groups is 1. The molecule has 0 spiro atoms. The summed E-state index contributed by atoms with van der Waals surface area (Å²) >= 11 is 5.95. The van der Waals surface area contributed by atoms with Gasteiger partial charge in [0.15, 0.2) is 0 Å². The van der Waals surface area contributed by atoms with Gasteiger partial charge in [-0.15, -0.1) is 0 Å². The van der Waals surface area contributed by atoms with Gasteiger partial charge < -0.3 is 10.2 Å². The lowest BCUT2D eigenvalue weighted by Gasteiger charge is -2.33. The molecule has 1 saturated heterocycles. The topological polar surface area (TPSA) is 32.3 Å². The molecule has 1 aromatic rings. The van der Waals surface area contributed by atoms with Crippen molar-refractivity contribution in [2.24, 2.45) is 5.92 Å². The zero-order chi connectivity index (χ0) is 15.4. The third-order valence-corrected chi connectivity index (χ3v) is 4.36. The van der Waals surface area contributed by atoms with E-state index in [1.807, 2.05) is 13.8 Å². The molecule has 1 aromatic carbocycles. The van der Waals surface area contributed by atoms with Crippen LogP contribution >= 0.6 is 11.6 Å². The number of nitrogens with zero attached hydrogens (tertiary/aromatic N) is 1. The van der Waals surface area contributed by atoms with Gasteiger partial charge in [0.2, 0.25) is 0 Å². The van der Waals surface area contributed by atoms with E-state index in [1.54, 1.807) is 11.0 Å². The van der Waals surface area contributed by atoms with Gasteiger partial charge in [-0.3, -0.25) is 4.79 Å². The third kappa shape index (κ3) is 3.95. The quantitative estimate of drug-likeness (QED) is 0.925. The summed E-state index contributed by atoms with van der Waals surface area (Å²) in [5, 5.41) is 3.24. The number of piperidine rings is 1. The summed E-state index contributed by atoms with van der Waals surface area (Å²) in [7, 11) is 0. The van der Waals surface area contributed by atoms with Gasteiger partial charge in [-0.2, -0.15) is 0 Å². The number of hydrogen-bond acceptors (Lipinski definition) is 2. The van der Waals surface area contributed by atoms with Gasteiger partial charge in [-0.05, 0) is 57.8 Å². The molecule has 0 aliphatic carbocycles. The minimum Gasteiger partial charge on any atom is -0.336 e. The molecule has 3 nitrogen and oxygen atoms in total. The molecule has 0 atom stereocenters. The number of carbonyl (C=O) groups excluding carboxylic acids is 1. The first-order chi connectivity index (χ1) is 10.0. The van der Waals surface area contributed by atoms with Gasteiger partial charge in [0.1, 0.15) is 5.82 Å². The predicted octanol–water partition coefficient (Wildman–Crippen LogP) is 3.33. The average molecular weight is 313 g/mol. The van der Waals surface area contributed by atoms with E-state index in [-0.39, 0.29) is 22.5 Å². The summed E-state index contributed by atoms with van der Waals surface area (Å²) < 4.78 is 13.6. The van der Waals surface area contributed by atoms with Crippen molar-refractivity contribution in [3.8, 4) is 0 Å². The molecular weight excluding hydrogens is 291 g/mol. The van der Waals surface area contributed by atoms with Crippen molar-refractivity contribution < 1.29 is 9.18 Å². The Morgan fingerprint density at radius 3 is 2.71 bits per heavy atom. The molecule has 1 heterocycles. The van der Waals surface area contributed by atoms with Crippen LogP contribution in [0.5, 0.6) is 0 Å². The van der Waals surface area contributed by atoms with Gasteiger partial charge >= 0.3 is 0 Å². The van der Waals surface area contributed by atoms with Gasteiger partial charge in [0.25, 0.3) is 5.91 Å². The number of halogens is 2. The van der Waals surface area contributed by atoms with E-state index in [2.05, 4.69) is 5.32 Å². The molecule has 1 aliphatic rings. The predicted molar refractivity (Wildman–Crippen MR) is 83.2 cm³/mol. The molecule has 21 heavy (non-hydrogen) atoms. The highest BCUT2D eigenvalue weighted by Crippen LogP contribution is 2.23. The highest BCUT2D eigenvalue weighted by molar-refractivity contribution is 6.34. The van der Waals surface area contributed by atoms with Crippen molar-refractivity contribution in [3.05, 3.63) is 34.6 Å². The maximum atomic E-state index is 13.6. The smallest absolute Gasteiger partial charge is 0.255 e. The van der Waals surface area contributed by atoms with E-state index in [9.17, 15) is 9.18 Å². The van der Waals surface area contributed by atoms with Crippen molar-refractivity contribution in [1.82, 2.24) is 10.2 Å². The van der Waals surface area contributed by atoms with Crippen molar-refractivity contribution in [2.45, 2.75) is 32.7 Å². The molecule has 1 fully saturated rings. The van der Waals surface area contributed by atoms with Crippen LogP contribution < -0.4 is 5.32 Å². The molecule has 1 amide bonds. The summed E-state index contributed by atoms with van der Waals surface area (Å²) in [6, 6.07) is 4.45. The summed E-state index contributed by atoms with van der Waals surface area (Å²) in [4.78, 5) is 14.5. The Labute approximate surface area is 130 Å². The van der Waals surface area contributed by atoms with Crippen LogP contribution in [-0.4, -0.2) is 36.5 Å². The second-order valence-corrected chi connectivity index (χ2v) is 6.22. The molecule has 5 heteroatoms. The van der Waals surface area contributed by atoms with Crippen LogP contribution in [0.4, 0.5) is 4.39 Å². The lowest BCUT2D eigenvalue weighted by molar-refractivity contribution is 0.0657. The Kier molecular flexibility index (Phi) is 5.59. The fourth-order valence-electron chi connectivity index (χ4n) is 2.69. The van der Waals surface area contributed by atoms with Crippen LogP contribution in [0.2, 0.25) is 5.02 Å². The van der Waals surface area contributed by atoms with Crippen molar-refractivity contribution in [3.63, 3.8) is 0 Å². The van der Waals surface area contributed by atoms with Crippen LogP contribution in [0.15, 0.2) is 18.2 Å². The first kappa shape index (κ1) is 16.2. The van der Waals surface area contributed by atoms with E-state index in [0.717, 1.165) is 25.9 Å². The number of hydrogen-bond donors (Lipinski definition) is 1. The van der Waals surface area contributed by atoms with Crippen LogP contribution in [0.1, 0.15) is 37.0 Å². The van der Waals surface area contributed by atoms with Gasteiger partial charge in [0, 0.05) is 12.6 Å². The van der Waals surface area contributed by atoms with Crippen molar-refractivity contribution in [1.29, 1.82) is 0 Å². The summed E-state index contributed by atoms with van der Waals surface area (Å²) in [6.45, 7) is 6.64. The zero-order valence-electron chi connectivity index (χ0n) is 12.5. The van der Waals surface area contributed by atoms with Crippen LogP contribution in [0, 0.1) is 11.7 Å². The van der Waals surface area contributed by atoms with E-state index >= 15 is 0 Å². The monoisotopic (exact) mass is 312 g/mol. The maximum absolute atomic E-state index is 13.6. The van der Waals surface area contributed by atoms with E-state index in [4.69, 9.17) is 11.6 Å². The molecule has 1 aliphatic heterocycles. The Morgan fingerprint density at radius 2 is 2.10 bits per heavy atom. The van der Waals surface area contributed by atoms with Crippen molar-refractivity contribution >= 4 is 17.5 Å². The van der Waals surface area contributed by atoms with Crippen molar-refractivity contribution in [2.75, 3.05) is 19.6 Å². The first-order valence-corrected chi connectivity index (χ1v) is 7.84. The van der Waals surface area contributed by atoms with E-state index < -0.39 is 5.82 Å². The Balaban J connectivity index is 2.17. The molecule has 2 rings (SSSR count). The lowest BCUT2D eigenvalue weighted by atomic mass is 9.96. The first-order valence-electron chi connectivity index (χ1n) is 7.46. The molecule has 0 saturated carbocycles. The third-order valence-electron chi connectivity index (χ3n) is 3.98. The second kappa shape index (κ2) is 7.23. The maximum Gasteiger partial charge on any atom is 0.255 e. The van der Waals surface area contributed by atoms with Crippen LogP contribution in [-0.2, 0) is 0 Å². The number of benzene rings is 1. The van der Waals surface area contributed by atoms with E-state index in [1.165, 1.54) is 12.1 Å². The minimum atomic E-state index is -0.548.